The van der Waals surface area contributed by atoms with Gasteiger partial charge in [-0.15, -0.1) is 0 Å². The first-order valence-corrected chi connectivity index (χ1v) is 6.12. The lowest BCUT2D eigenvalue weighted by molar-refractivity contribution is -0.117. The summed E-state index contributed by atoms with van der Waals surface area (Å²) in [6.45, 7) is 4.34. The molecule has 98 valence electrons. The van der Waals surface area contributed by atoms with Crippen LogP contribution in [0.5, 0.6) is 0 Å². The van der Waals surface area contributed by atoms with E-state index in [0.717, 1.165) is 23.4 Å². The lowest BCUT2D eigenvalue weighted by Crippen LogP contribution is -2.25. The Hall–Kier alpha value is -1.84. The van der Waals surface area contributed by atoms with Crippen molar-refractivity contribution < 1.29 is 4.79 Å². The molecule has 18 heavy (non-hydrogen) atoms. The molecule has 1 aromatic heterocycles. The van der Waals surface area contributed by atoms with Gasteiger partial charge in [0.05, 0.1) is 0 Å². The lowest BCUT2D eigenvalue weighted by atomic mass is 10.2. The van der Waals surface area contributed by atoms with E-state index in [1.165, 1.54) is 0 Å². The molecule has 0 aliphatic carbocycles. The van der Waals surface area contributed by atoms with Crippen LogP contribution in [0.15, 0.2) is 30.0 Å². The van der Waals surface area contributed by atoms with Crippen LogP contribution in [0.3, 0.4) is 0 Å². The van der Waals surface area contributed by atoms with Crippen molar-refractivity contribution in [1.82, 2.24) is 10.3 Å². The second-order valence-electron chi connectivity index (χ2n) is 4.36. The van der Waals surface area contributed by atoms with Crippen LogP contribution >= 0.6 is 0 Å². The molecule has 1 amide bonds. The molecule has 0 fully saturated rings. The SMILES string of the molecule is CC/C=C(/C)C(=O)NCc1cccnc1N(C)C. The lowest BCUT2D eigenvalue weighted by Gasteiger charge is -2.16. The van der Waals surface area contributed by atoms with E-state index in [-0.39, 0.29) is 5.91 Å². The smallest absolute Gasteiger partial charge is 0.246 e. The molecule has 4 nitrogen and oxygen atoms in total. The Balaban J connectivity index is 2.69. The highest BCUT2D eigenvalue weighted by molar-refractivity contribution is 5.92. The van der Waals surface area contributed by atoms with E-state index in [1.807, 2.05) is 51.1 Å². The molecule has 0 atom stereocenters. The predicted octanol–water partition coefficient (Wildman–Crippen LogP) is 2.12. The second-order valence-corrected chi connectivity index (χ2v) is 4.36. The number of amides is 1. The third kappa shape index (κ3) is 3.87. The Labute approximate surface area is 109 Å². The van der Waals surface area contributed by atoms with Gasteiger partial charge in [-0.2, -0.15) is 0 Å². The van der Waals surface area contributed by atoms with Crippen LogP contribution in [0, 0.1) is 0 Å². The average molecular weight is 247 g/mol. The van der Waals surface area contributed by atoms with Gasteiger partial charge in [0.15, 0.2) is 0 Å². The van der Waals surface area contributed by atoms with Gasteiger partial charge in [0.25, 0.3) is 0 Å². The van der Waals surface area contributed by atoms with E-state index in [4.69, 9.17) is 0 Å². The molecule has 0 aliphatic rings. The van der Waals surface area contributed by atoms with Gasteiger partial charge in [0.1, 0.15) is 5.82 Å². The summed E-state index contributed by atoms with van der Waals surface area (Å²) in [4.78, 5) is 18.0. The molecule has 1 aromatic rings. The molecule has 0 saturated carbocycles. The summed E-state index contributed by atoms with van der Waals surface area (Å²) in [6, 6.07) is 3.85. The molecule has 1 rings (SSSR count). The molecule has 0 unspecified atom stereocenters. The first-order valence-electron chi connectivity index (χ1n) is 6.12. The van der Waals surface area contributed by atoms with Gasteiger partial charge < -0.3 is 10.2 Å². The van der Waals surface area contributed by atoms with Crippen molar-refractivity contribution in [2.45, 2.75) is 26.8 Å². The standard InChI is InChI=1S/C14H21N3O/c1-5-7-11(2)14(18)16-10-12-8-6-9-15-13(12)17(3)4/h6-9H,5,10H2,1-4H3,(H,16,18)/b11-7-. The van der Waals surface area contributed by atoms with Gasteiger partial charge in [-0.3, -0.25) is 4.79 Å². The van der Waals surface area contributed by atoms with Crippen molar-refractivity contribution in [3.63, 3.8) is 0 Å². The van der Waals surface area contributed by atoms with E-state index in [2.05, 4.69) is 10.3 Å². The number of allylic oxidation sites excluding steroid dienone is 1. The number of hydrogen-bond donors (Lipinski definition) is 1. The van der Waals surface area contributed by atoms with Gasteiger partial charge in [-0.1, -0.05) is 19.1 Å². The summed E-state index contributed by atoms with van der Waals surface area (Å²) in [7, 11) is 3.88. The summed E-state index contributed by atoms with van der Waals surface area (Å²) in [6.07, 6.45) is 4.55. The fourth-order valence-electron chi connectivity index (χ4n) is 1.68. The van der Waals surface area contributed by atoms with Crippen LogP contribution in [-0.2, 0) is 11.3 Å². The molecule has 0 aromatic carbocycles. The van der Waals surface area contributed by atoms with Gasteiger partial charge in [0, 0.05) is 38.0 Å². The fourth-order valence-corrected chi connectivity index (χ4v) is 1.68. The number of pyridine rings is 1. The molecule has 0 bridgehead atoms. The third-order valence-corrected chi connectivity index (χ3v) is 2.60. The summed E-state index contributed by atoms with van der Waals surface area (Å²) >= 11 is 0. The molecular formula is C14H21N3O. The molecular weight excluding hydrogens is 226 g/mol. The van der Waals surface area contributed by atoms with E-state index in [0.29, 0.717) is 6.54 Å². The summed E-state index contributed by atoms with van der Waals surface area (Å²) < 4.78 is 0. The first kappa shape index (κ1) is 14.2. The summed E-state index contributed by atoms with van der Waals surface area (Å²) in [5.41, 5.74) is 1.77. The molecule has 1 heterocycles. The van der Waals surface area contributed by atoms with Gasteiger partial charge in [-0.05, 0) is 19.4 Å². The fraction of sp³-hybridized carbons (Fsp3) is 0.429. The number of aromatic nitrogens is 1. The summed E-state index contributed by atoms with van der Waals surface area (Å²) in [5, 5.41) is 2.90. The van der Waals surface area contributed by atoms with Gasteiger partial charge in [-0.25, -0.2) is 4.98 Å². The van der Waals surface area contributed by atoms with Crippen LogP contribution < -0.4 is 10.2 Å². The minimum Gasteiger partial charge on any atom is -0.362 e. The highest BCUT2D eigenvalue weighted by Crippen LogP contribution is 2.13. The zero-order valence-corrected chi connectivity index (χ0v) is 11.5. The molecule has 4 heteroatoms. The van der Waals surface area contributed by atoms with E-state index < -0.39 is 0 Å². The molecule has 1 N–H and O–H groups in total. The zero-order valence-electron chi connectivity index (χ0n) is 11.5. The van der Waals surface area contributed by atoms with E-state index in [1.54, 1.807) is 6.20 Å². The van der Waals surface area contributed by atoms with Crippen LogP contribution in [0.25, 0.3) is 0 Å². The second kappa shape index (κ2) is 6.79. The Morgan fingerprint density at radius 3 is 2.83 bits per heavy atom. The molecule has 0 saturated heterocycles. The minimum absolute atomic E-state index is 0.0228. The Morgan fingerprint density at radius 1 is 1.50 bits per heavy atom. The Kier molecular flexibility index (Phi) is 5.36. The molecule has 0 aliphatic heterocycles. The first-order chi connectivity index (χ1) is 8.56. The van der Waals surface area contributed by atoms with Crippen LogP contribution in [0.2, 0.25) is 0 Å². The largest absolute Gasteiger partial charge is 0.362 e. The maximum Gasteiger partial charge on any atom is 0.246 e. The quantitative estimate of drug-likeness (QED) is 0.811. The topological polar surface area (TPSA) is 45.2 Å². The van der Waals surface area contributed by atoms with E-state index in [9.17, 15) is 4.79 Å². The van der Waals surface area contributed by atoms with E-state index >= 15 is 0 Å². The van der Waals surface area contributed by atoms with Crippen LogP contribution in [0.1, 0.15) is 25.8 Å². The number of anilines is 1. The van der Waals surface area contributed by atoms with Crippen molar-refractivity contribution in [3.8, 4) is 0 Å². The zero-order chi connectivity index (χ0) is 13.5. The summed E-state index contributed by atoms with van der Waals surface area (Å²) in [5.74, 6) is 0.861. The van der Waals surface area contributed by atoms with Crippen molar-refractivity contribution in [2.24, 2.45) is 0 Å². The van der Waals surface area contributed by atoms with Crippen molar-refractivity contribution >= 4 is 11.7 Å². The molecule has 0 radical (unpaired) electrons. The number of hydrogen-bond acceptors (Lipinski definition) is 3. The number of nitrogens with zero attached hydrogens (tertiary/aromatic N) is 2. The third-order valence-electron chi connectivity index (χ3n) is 2.60. The maximum atomic E-state index is 11.8. The Bertz CT molecular complexity index is 438. The van der Waals surface area contributed by atoms with Crippen LogP contribution in [0.4, 0.5) is 5.82 Å². The molecule has 0 spiro atoms. The minimum atomic E-state index is -0.0228. The highest BCUT2D eigenvalue weighted by atomic mass is 16.1. The number of carbonyl (C=O) groups excluding carboxylic acids is 1. The van der Waals surface area contributed by atoms with Gasteiger partial charge in [0.2, 0.25) is 5.91 Å². The highest BCUT2D eigenvalue weighted by Gasteiger charge is 2.07. The maximum absolute atomic E-state index is 11.8. The predicted molar refractivity (Wildman–Crippen MR) is 74.5 cm³/mol. The Morgan fingerprint density at radius 2 is 2.22 bits per heavy atom. The number of rotatable bonds is 5. The van der Waals surface area contributed by atoms with Crippen molar-refractivity contribution in [3.05, 3.63) is 35.5 Å². The number of nitrogens with one attached hydrogen (secondary N) is 1. The van der Waals surface area contributed by atoms with Crippen LogP contribution in [-0.4, -0.2) is 25.0 Å². The normalized spacial score (nSPS) is 11.2. The van der Waals surface area contributed by atoms with Crippen molar-refractivity contribution in [1.29, 1.82) is 0 Å². The average Bonchev–Trinajstić information content (AvgIpc) is 2.36. The van der Waals surface area contributed by atoms with Crippen molar-refractivity contribution in [2.75, 3.05) is 19.0 Å². The monoisotopic (exact) mass is 247 g/mol. The van der Waals surface area contributed by atoms with Gasteiger partial charge >= 0.3 is 0 Å². The number of carbonyl (C=O) groups is 1.